The van der Waals surface area contributed by atoms with Gasteiger partial charge in [-0.05, 0) is 48.7 Å². The number of hydrogen-bond acceptors (Lipinski definition) is 3. The van der Waals surface area contributed by atoms with E-state index in [1.165, 1.54) is 0 Å². The van der Waals surface area contributed by atoms with Gasteiger partial charge in [0.05, 0.1) is 23.7 Å². The van der Waals surface area contributed by atoms with Crippen molar-refractivity contribution in [1.29, 1.82) is 0 Å². The Bertz CT molecular complexity index is 1290. The van der Waals surface area contributed by atoms with Gasteiger partial charge >= 0.3 is 0 Å². The number of benzene rings is 2. The lowest BCUT2D eigenvalue weighted by atomic mass is 10.0. The molecule has 4 rings (SSSR count). The molecule has 0 bridgehead atoms. The number of imidazole rings is 1. The highest BCUT2D eigenvalue weighted by Gasteiger charge is 2.16. The van der Waals surface area contributed by atoms with Gasteiger partial charge < -0.3 is 15.6 Å². The van der Waals surface area contributed by atoms with Crippen molar-refractivity contribution in [2.75, 3.05) is 12.3 Å². The predicted molar refractivity (Wildman–Crippen MR) is 133 cm³/mol. The third-order valence-corrected chi connectivity index (χ3v) is 5.55. The predicted octanol–water partition coefficient (Wildman–Crippen LogP) is 2.77. The van der Waals surface area contributed by atoms with Gasteiger partial charge in [-0.3, -0.25) is 4.79 Å². The van der Waals surface area contributed by atoms with Gasteiger partial charge in [0.2, 0.25) is 5.91 Å². The summed E-state index contributed by atoms with van der Waals surface area (Å²) in [5.41, 5.74) is 8.43. The van der Waals surface area contributed by atoms with Crippen molar-refractivity contribution in [2.45, 2.75) is 25.8 Å². The van der Waals surface area contributed by atoms with Gasteiger partial charge in [0.1, 0.15) is 5.82 Å². The molecule has 3 N–H and O–H groups in total. The fraction of sp³-hybridized carbons (Fsp3) is 0.214. The van der Waals surface area contributed by atoms with Crippen molar-refractivity contribution < 1.29 is 4.79 Å². The minimum absolute atomic E-state index is 0.0811. The van der Waals surface area contributed by atoms with Gasteiger partial charge in [0.25, 0.3) is 0 Å². The molecule has 5 heteroatoms. The SMILES string of the molecule is C=CCCN(Cc1nc2c([nH]1)=CC(C#Cc1ccc(N)cc1)CC=2)C(=O)Cc1ccccc1. The molecule has 5 nitrogen and oxygen atoms in total. The number of H-pyrrole nitrogens is 1. The quantitative estimate of drug-likeness (QED) is 0.340. The standard InChI is InChI=1S/C28H28N4O/c1-2-3-17-32(28(33)19-22-7-5-4-6-8-22)20-27-30-25-16-13-23(18-26(25)31-27)10-9-21-11-14-24(29)15-12-21/h2,4-8,11-12,14-16,18,23H,1,3,13,17,19-20,29H2,(H,30,31). The molecular formula is C28H28N4O. The summed E-state index contributed by atoms with van der Waals surface area (Å²) in [7, 11) is 0. The minimum atomic E-state index is 0.0811. The number of carbonyl (C=O) groups is 1. The number of nitrogen functional groups attached to an aromatic ring is 1. The first-order valence-corrected chi connectivity index (χ1v) is 11.2. The monoisotopic (exact) mass is 436 g/mol. The summed E-state index contributed by atoms with van der Waals surface area (Å²) in [6.07, 6.45) is 7.99. The van der Waals surface area contributed by atoms with Crippen LogP contribution < -0.4 is 16.4 Å². The molecule has 1 amide bonds. The number of amides is 1. The number of nitrogens with two attached hydrogens (primary N) is 1. The Hall–Kier alpha value is -4.04. The lowest BCUT2D eigenvalue weighted by molar-refractivity contribution is -0.131. The molecule has 1 aliphatic rings. The highest BCUT2D eigenvalue weighted by atomic mass is 16.2. The molecule has 2 aromatic carbocycles. The lowest BCUT2D eigenvalue weighted by Gasteiger charge is -2.21. The maximum absolute atomic E-state index is 13.0. The van der Waals surface area contributed by atoms with Crippen LogP contribution >= 0.6 is 0 Å². The minimum Gasteiger partial charge on any atom is -0.399 e. The van der Waals surface area contributed by atoms with Crippen molar-refractivity contribution in [2.24, 2.45) is 5.92 Å². The van der Waals surface area contributed by atoms with Crippen molar-refractivity contribution in [3.63, 3.8) is 0 Å². The van der Waals surface area contributed by atoms with Gasteiger partial charge in [0.15, 0.2) is 0 Å². The molecule has 0 saturated heterocycles. The smallest absolute Gasteiger partial charge is 0.227 e. The summed E-state index contributed by atoms with van der Waals surface area (Å²) < 4.78 is 0. The van der Waals surface area contributed by atoms with Crippen molar-refractivity contribution in [3.8, 4) is 11.8 Å². The van der Waals surface area contributed by atoms with E-state index in [-0.39, 0.29) is 11.8 Å². The van der Waals surface area contributed by atoms with Crippen LogP contribution in [-0.4, -0.2) is 27.3 Å². The number of hydrogen-bond donors (Lipinski definition) is 2. The van der Waals surface area contributed by atoms with E-state index in [1.54, 1.807) is 0 Å². The maximum atomic E-state index is 13.0. The molecule has 33 heavy (non-hydrogen) atoms. The summed E-state index contributed by atoms with van der Waals surface area (Å²) in [6.45, 7) is 4.85. The Labute approximate surface area is 194 Å². The zero-order valence-corrected chi connectivity index (χ0v) is 18.6. The fourth-order valence-corrected chi connectivity index (χ4v) is 3.76. The van der Waals surface area contributed by atoms with Crippen LogP contribution in [0, 0.1) is 17.8 Å². The summed E-state index contributed by atoms with van der Waals surface area (Å²) >= 11 is 0. The molecule has 0 spiro atoms. The molecule has 1 atom stereocenters. The van der Waals surface area contributed by atoms with Gasteiger partial charge in [0, 0.05) is 23.7 Å². The van der Waals surface area contributed by atoms with Gasteiger partial charge in [-0.2, -0.15) is 0 Å². The van der Waals surface area contributed by atoms with E-state index in [0.29, 0.717) is 19.5 Å². The molecule has 1 aliphatic carbocycles. The lowest BCUT2D eigenvalue weighted by Crippen LogP contribution is -2.33. The van der Waals surface area contributed by atoms with E-state index >= 15 is 0 Å². The first-order chi connectivity index (χ1) is 16.1. The summed E-state index contributed by atoms with van der Waals surface area (Å²) in [4.78, 5) is 22.9. The normalized spacial score (nSPS) is 14.1. The molecule has 0 radical (unpaired) electrons. The summed E-state index contributed by atoms with van der Waals surface area (Å²) in [5, 5.41) is 1.89. The number of nitrogens with one attached hydrogen (secondary N) is 1. The second kappa shape index (κ2) is 10.5. The molecule has 0 aliphatic heterocycles. The second-order valence-electron chi connectivity index (χ2n) is 8.14. The summed E-state index contributed by atoms with van der Waals surface area (Å²) in [5.74, 6) is 7.51. The average molecular weight is 437 g/mol. The molecule has 1 heterocycles. The largest absolute Gasteiger partial charge is 0.399 e. The number of nitrogens with zero attached hydrogens (tertiary/aromatic N) is 2. The topological polar surface area (TPSA) is 75.0 Å². The zero-order valence-electron chi connectivity index (χ0n) is 18.6. The Morgan fingerprint density at radius 1 is 1.21 bits per heavy atom. The first kappa shape index (κ1) is 22.2. The molecule has 1 unspecified atom stereocenters. The zero-order chi connectivity index (χ0) is 23.0. The number of aromatic nitrogens is 2. The molecule has 1 aromatic heterocycles. The first-order valence-electron chi connectivity index (χ1n) is 11.2. The average Bonchev–Trinajstić information content (AvgIpc) is 3.23. The number of carbonyl (C=O) groups excluding carboxylic acids is 1. The van der Waals surface area contributed by atoms with Crippen molar-refractivity contribution in [1.82, 2.24) is 14.9 Å². The molecular weight excluding hydrogens is 408 g/mol. The fourth-order valence-electron chi connectivity index (χ4n) is 3.76. The van der Waals surface area contributed by atoms with Crippen LogP contribution in [0.3, 0.4) is 0 Å². The Kier molecular flexibility index (Phi) is 7.06. The molecule has 0 fully saturated rings. The number of rotatable bonds is 7. The van der Waals surface area contributed by atoms with Crippen molar-refractivity contribution in [3.05, 3.63) is 94.9 Å². The van der Waals surface area contributed by atoms with Crippen LogP contribution in [0.15, 0.2) is 67.3 Å². The molecule has 3 aromatic rings. The van der Waals surface area contributed by atoms with E-state index in [4.69, 9.17) is 10.7 Å². The molecule has 0 saturated carbocycles. The Balaban J connectivity index is 1.48. The Morgan fingerprint density at radius 2 is 2.00 bits per heavy atom. The Morgan fingerprint density at radius 3 is 2.76 bits per heavy atom. The van der Waals surface area contributed by atoms with E-state index in [0.717, 1.165) is 46.2 Å². The highest BCUT2D eigenvalue weighted by molar-refractivity contribution is 5.78. The van der Waals surface area contributed by atoms with Gasteiger partial charge in [-0.1, -0.05) is 54.3 Å². The number of aromatic amines is 1. The van der Waals surface area contributed by atoms with Crippen LogP contribution in [0.2, 0.25) is 0 Å². The van der Waals surface area contributed by atoms with Crippen LogP contribution in [-0.2, 0) is 17.8 Å². The third kappa shape index (κ3) is 6.02. The third-order valence-electron chi connectivity index (χ3n) is 5.55. The number of anilines is 1. The summed E-state index contributed by atoms with van der Waals surface area (Å²) in [6, 6.07) is 17.4. The van der Waals surface area contributed by atoms with E-state index in [9.17, 15) is 4.79 Å². The van der Waals surface area contributed by atoms with Crippen LogP contribution in [0.4, 0.5) is 5.69 Å². The van der Waals surface area contributed by atoms with Gasteiger partial charge in [-0.25, -0.2) is 4.98 Å². The second-order valence-corrected chi connectivity index (χ2v) is 8.14. The van der Waals surface area contributed by atoms with Crippen LogP contribution in [0.5, 0.6) is 0 Å². The maximum Gasteiger partial charge on any atom is 0.227 e. The molecule has 166 valence electrons. The van der Waals surface area contributed by atoms with Gasteiger partial charge in [-0.15, -0.1) is 6.58 Å². The van der Waals surface area contributed by atoms with Crippen molar-refractivity contribution >= 4 is 23.7 Å². The van der Waals surface area contributed by atoms with Crippen LogP contribution in [0.1, 0.15) is 29.8 Å². The van der Waals surface area contributed by atoms with E-state index < -0.39 is 0 Å². The number of fused-ring (bicyclic) bond motifs is 1. The van der Waals surface area contributed by atoms with E-state index in [1.807, 2.05) is 65.6 Å². The van der Waals surface area contributed by atoms with Crippen LogP contribution in [0.25, 0.3) is 12.2 Å². The van der Waals surface area contributed by atoms with E-state index in [2.05, 4.69) is 35.6 Å². The highest BCUT2D eigenvalue weighted by Crippen LogP contribution is 2.10.